The third-order valence-electron chi connectivity index (χ3n) is 4.76. The maximum Gasteiger partial charge on any atom is 0.333 e. The number of nitrogens with zero attached hydrogens (tertiary/aromatic N) is 1. The third-order valence-corrected chi connectivity index (χ3v) is 6.05. The zero-order chi connectivity index (χ0) is 22.5. The Hall–Kier alpha value is -2.36. The van der Waals surface area contributed by atoms with Crippen molar-refractivity contribution in [1.29, 1.82) is 0 Å². The number of aromatic hydroxyl groups is 1. The molecule has 1 aromatic heterocycles. The minimum Gasteiger partial charge on any atom is -0.493 e. The highest BCUT2D eigenvalue weighted by Crippen LogP contribution is 2.32. The second kappa shape index (κ2) is 9.63. The van der Waals surface area contributed by atoms with Crippen molar-refractivity contribution in [3.8, 4) is 11.6 Å². The molecule has 8 nitrogen and oxygen atoms in total. The summed E-state index contributed by atoms with van der Waals surface area (Å²) in [4.78, 5) is 14.7. The Labute approximate surface area is 177 Å². The van der Waals surface area contributed by atoms with Gasteiger partial charge >= 0.3 is 5.69 Å². The molecule has 0 aliphatic rings. The predicted molar refractivity (Wildman–Crippen MR) is 115 cm³/mol. The van der Waals surface area contributed by atoms with E-state index in [2.05, 4.69) is 9.17 Å². The summed E-state index contributed by atoms with van der Waals surface area (Å²) in [7, 11) is -2.33. The van der Waals surface area contributed by atoms with Crippen LogP contribution >= 0.6 is 0 Å². The molecule has 2 aromatic rings. The lowest BCUT2D eigenvalue weighted by molar-refractivity contribution is 0.0627. The minimum absolute atomic E-state index is 0.0687. The molecule has 3 N–H and O–H groups in total. The van der Waals surface area contributed by atoms with Gasteiger partial charge in [0, 0.05) is 6.42 Å². The average molecular weight is 439 g/mol. The number of H-pyrrole nitrogens is 1. The van der Waals surface area contributed by atoms with Gasteiger partial charge < -0.3 is 10.2 Å². The minimum atomic E-state index is -3.47. The van der Waals surface area contributed by atoms with Crippen molar-refractivity contribution in [3.05, 3.63) is 58.2 Å². The van der Waals surface area contributed by atoms with Crippen molar-refractivity contribution in [1.82, 2.24) is 9.55 Å². The van der Waals surface area contributed by atoms with Crippen LogP contribution in [0.15, 0.2) is 41.2 Å². The Morgan fingerprint density at radius 1 is 1.20 bits per heavy atom. The van der Waals surface area contributed by atoms with Crippen LogP contribution in [-0.4, -0.2) is 41.0 Å². The van der Waals surface area contributed by atoms with Crippen LogP contribution in [0.2, 0.25) is 0 Å². The van der Waals surface area contributed by atoms with Gasteiger partial charge in [-0.25, -0.2) is 4.79 Å². The second-order valence-electron chi connectivity index (χ2n) is 8.17. The van der Waals surface area contributed by atoms with Crippen molar-refractivity contribution < 1.29 is 22.8 Å². The van der Waals surface area contributed by atoms with Gasteiger partial charge in [0.05, 0.1) is 30.3 Å². The zero-order valence-electron chi connectivity index (χ0n) is 17.8. The van der Waals surface area contributed by atoms with E-state index >= 15 is 0 Å². The molecule has 0 amide bonds. The van der Waals surface area contributed by atoms with Crippen molar-refractivity contribution in [2.75, 3.05) is 12.9 Å². The van der Waals surface area contributed by atoms with Crippen molar-refractivity contribution in [2.45, 2.75) is 46.1 Å². The second-order valence-corrected chi connectivity index (χ2v) is 10.0. The molecule has 0 saturated heterocycles. The lowest BCUT2D eigenvalue weighted by Gasteiger charge is -2.26. The van der Waals surface area contributed by atoms with E-state index in [0.717, 1.165) is 12.7 Å². The Morgan fingerprint density at radius 2 is 1.83 bits per heavy atom. The number of unbranched alkanes of at least 4 members (excludes halogenated alkanes) is 1. The van der Waals surface area contributed by atoms with Crippen LogP contribution < -0.4 is 5.69 Å². The highest BCUT2D eigenvalue weighted by Gasteiger charge is 2.24. The normalized spacial score (nSPS) is 13.8. The average Bonchev–Trinajstić information content (AvgIpc) is 2.96. The molecule has 0 saturated carbocycles. The van der Waals surface area contributed by atoms with E-state index < -0.39 is 21.9 Å². The number of hydrogen-bond acceptors (Lipinski definition) is 6. The van der Waals surface area contributed by atoms with Crippen LogP contribution in [0.5, 0.6) is 5.88 Å². The van der Waals surface area contributed by atoms with E-state index in [-0.39, 0.29) is 23.5 Å². The first kappa shape index (κ1) is 23.9. The first-order chi connectivity index (χ1) is 14.0. The summed E-state index contributed by atoms with van der Waals surface area (Å²) in [5, 5.41) is 20.5. The molecular weight excluding hydrogens is 408 g/mol. The molecule has 0 bridgehead atoms. The number of rotatable bonds is 9. The van der Waals surface area contributed by atoms with Crippen LogP contribution in [0, 0.1) is 5.41 Å². The predicted octanol–water partition coefficient (Wildman–Crippen LogP) is 2.81. The molecule has 0 aliphatic carbocycles. The fraction of sp³-hybridized carbons (Fsp3) is 0.476. The summed E-state index contributed by atoms with van der Waals surface area (Å²) in [5.74, 6) is -0.286. The maximum absolute atomic E-state index is 12.3. The molecule has 1 atom stereocenters. The standard InChI is InChI=1S/C21H30N2O6S/c1-21(2,3)18(24)15-10-12-16(13-11-15)23-17(19(25)22-20(23)26)9-7-5-6-8-14-30(27,28)29-4/h5,7,10-13,18,24-25H,6,8-9,14H2,1-4H3,(H,22,26). The smallest absolute Gasteiger partial charge is 0.333 e. The summed E-state index contributed by atoms with van der Waals surface area (Å²) < 4.78 is 28.3. The molecule has 30 heavy (non-hydrogen) atoms. The molecule has 166 valence electrons. The van der Waals surface area contributed by atoms with Gasteiger partial charge in [-0.1, -0.05) is 45.1 Å². The van der Waals surface area contributed by atoms with E-state index in [1.807, 2.05) is 20.8 Å². The number of benzene rings is 1. The zero-order valence-corrected chi connectivity index (χ0v) is 18.6. The fourth-order valence-electron chi connectivity index (χ4n) is 3.00. The SMILES string of the molecule is COS(=O)(=O)CCCC=CCc1c(O)[nH]c(=O)n1-c1ccc(C(O)C(C)(C)C)cc1. The fourth-order valence-corrected chi connectivity index (χ4v) is 3.69. The van der Waals surface area contributed by atoms with Crippen LogP contribution in [0.25, 0.3) is 5.69 Å². The Bertz CT molecular complexity index is 1030. The molecule has 2 rings (SSSR count). The Kier molecular flexibility index (Phi) is 7.68. The topological polar surface area (TPSA) is 122 Å². The van der Waals surface area contributed by atoms with Gasteiger partial charge in [0.15, 0.2) is 0 Å². The lowest BCUT2D eigenvalue weighted by atomic mass is 9.85. The van der Waals surface area contributed by atoms with E-state index in [4.69, 9.17) is 0 Å². The number of hydrogen-bond donors (Lipinski definition) is 3. The van der Waals surface area contributed by atoms with Gasteiger partial charge in [0.1, 0.15) is 0 Å². The van der Waals surface area contributed by atoms with Gasteiger partial charge in [-0.15, -0.1) is 0 Å². The van der Waals surface area contributed by atoms with Gasteiger partial charge in [0.25, 0.3) is 10.1 Å². The number of aromatic amines is 1. The summed E-state index contributed by atoms with van der Waals surface area (Å²) in [5.41, 5.74) is 0.919. The number of aromatic nitrogens is 2. The summed E-state index contributed by atoms with van der Waals surface area (Å²) >= 11 is 0. The highest BCUT2D eigenvalue weighted by molar-refractivity contribution is 7.86. The molecule has 0 fully saturated rings. The van der Waals surface area contributed by atoms with Gasteiger partial charge in [0.2, 0.25) is 5.88 Å². The Morgan fingerprint density at radius 3 is 2.40 bits per heavy atom. The van der Waals surface area contributed by atoms with Crippen LogP contribution in [0.4, 0.5) is 0 Å². The molecule has 0 radical (unpaired) electrons. The monoisotopic (exact) mass is 438 g/mol. The number of allylic oxidation sites excluding steroid dienone is 2. The molecule has 0 spiro atoms. The van der Waals surface area contributed by atoms with E-state index in [1.54, 1.807) is 36.4 Å². The first-order valence-electron chi connectivity index (χ1n) is 9.71. The van der Waals surface area contributed by atoms with E-state index in [1.165, 1.54) is 4.57 Å². The quantitative estimate of drug-likeness (QED) is 0.314. The number of nitrogens with one attached hydrogen (secondary N) is 1. The van der Waals surface area contributed by atoms with E-state index in [0.29, 0.717) is 24.2 Å². The summed E-state index contributed by atoms with van der Waals surface area (Å²) in [6.07, 6.45) is 4.15. The molecular formula is C21H30N2O6S. The number of aliphatic hydroxyl groups excluding tert-OH is 1. The Balaban J connectivity index is 2.14. The first-order valence-corrected chi connectivity index (χ1v) is 11.3. The number of aliphatic hydroxyl groups is 1. The van der Waals surface area contributed by atoms with Crippen molar-refractivity contribution in [3.63, 3.8) is 0 Å². The molecule has 1 unspecified atom stereocenters. The molecule has 9 heteroatoms. The van der Waals surface area contributed by atoms with Crippen LogP contribution in [0.1, 0.15) is 51.0 Å². The van der Waals surface area contributed by atoms with Gasteiger partial charge in [-0.2, -0.15) is 8.42 Å². The molecule has 1 heterocycles. The molecule has 0 aliphatic heterocycles. The lowest BCUT2D eigenvalue weighted by Crippen LogP contribution is -2.19. The molecule has 1 aromatic carbocycles. The third kappa shape index (κ3) is 6.07. The van der Waals surface area contributed by atoms with Crippen molar-refractivity contribution in [2.24, 2.45) is 5.41 Å². The highest BCUT2D eigenvalue weighted by atomic mass is 32.2. The van der Waals surface area contributed by atoms with Crippen LogP contribution in [0.3, 0.4) is 0 Å². The van der Waals surface area contributed by atoms with Gasteiger partial charge in [-0.05, 0) is 36.0 Å². The summed E-state index contributed by atoms with van der Waals surface area (Å²) in [6, 6.07) is 6.97. The van der Waals surface area contributed by atoms with Gasteiger partial charge in [-0.3, -0.25) is 13.7 Å². The number of imidazole rings is 1. The largest absolute Gasteiger partial charge is 0.493 e. The van der Waals surface area contributed by atoms with E-state index in [9.17, 15) is 23.4 Å². The maximum atomic E-state index is 12.3. The summed E-state index contributed by atoms with van der Waals surface area (Å²) in [6.45, 7) is 5.82. The van der Waals surface area contributed by atoms with Crippen molar-refractivity contribution >= 4 is 10.1 Å². The van der Waals surface area contributed by atoms with Crippen LogP contribution in [-0.2, 0) is 20.7 Å².